The number of amides is 1. The predicted octanol–water partition coefficient (Wildman–Crippen LogP) is 1.66. The standard InChI is InChI=1S/C14H18N4O3S3/c1-2-18(10-5-7-24(20,21)9-10)12(19)8-23-14-15-13(16-17-14)11-4-3-6-22-11/h3-4,6,10H,2,5,7-9H2,1H3,(H,15,16,17). The van der Waals surface area contributed by atoms with Gasteiger partial charge in [0.25, 0.3) is 0 Å². The van der Waals surface area contributed by atoms with Gasteiger partial charge >= 0.3 is 0 Å². The number of thiophene rings is 1. The van der Waals surface area contributed by atoms with E-state index in [4.69, 9.17) is 0 Å². The Morgan fingerprint density at radius 3 is 3.00 bits per heavy atom. The number of carbonyl (C=O) groups excluding carboxylic acids is 1. The molecule has 0 bridgehead atoms. The highest BCUT2D eigenvalue weighted by Crippen LogP contribution is 2.24. The Hall–Kier alpha value is -1.39. The van der Waals surface area contributed by atoms with Crippen molar-refractivity contribution in [3.05, 3.63) is 17.5 Å². The molecule has 0 aliphatic carbocycles. The number of aromatic amines is 1. The number of H-pyrrole nitrogens is 1. The number of nitrogens with one attached hydrogen (secondary N) is 1. The molecule has 2 aromatic rings. The van der Waals surface area contributed by atoms with E-state index in [0.29, 0.717) is 23.9 Å². The molecule has 0 spiro atoms. The molecule has 24 heavy (non-hydrogen) atoms. The van der Waals surface area contributed by atoms with Gasteiger partial charge in [-0.25, -0.2) is 13.4 Å². The van der Waals surface area contributed by atoms with Crippen LogP contribution >= 0.6 is 23.1 Å². The van der Waals surface area contributed by atoms with Crippen LogP contribution < -0.4 is 0 Å². The lowest BCUT2D eigenvalue weighted by Gasteiger charge is -2.26. The normalized spacial score (nSPS) is 19.5. The Bertz CT molecular complexity index is 801. The first-order valence-electron chi connectivity index (χ1n) is 7.57. The Morgan fingerprint density at radius 1 is 1.54 bits per heavy atom. The molecule has 3 heterocycles. The van der Waals surface area contributed by atoms with Crippen LogP contribution in [0.4, 0.5) is 0 Å². The zero-order valence-corrected chi connectivity index (χ0v) is 15.6. The first kappa shape index (κ1) is 17.4. The van der Waals surface area contributed by atoms with E-state index in [1.165, 1.54) is 11.8 Å². The third kappa shape index (κ3) is 3.98. The van der Waals surface area contributed by atoms with E-state index in [1.807, 2.05) is 24.4 Å². The van der Waals surface area contributed by atoms with Crippen molar-refractivity contribution in [1.82, 2.24) is 20.1 Å². The highest BCUT2D eigenvalue weighted by atomic mass is 32.2. The average molecular weight is 387 g/mol. The second kappa shape index (κ2) is 7.24. The number of carbonyl (C=O) groups is 1. The molecule has 0 aromatic carbocycles. The van der Waals surface area contributed by atoms with Gasteiger partial charge in [-0.2, -0.15) is 0 Å². The van der Waals surface area contributed by atoms with Crippen molar-refractivity contribution in [3.8, 4) is 10.7 Å². The van der Waals surface area contributed by atoms with Crippen LogP contribution in [0.2, 0.25) is 0 Å². The predicted molar refractivity (Wildman–Crippen MR) is 94.9 cm³/mol. The first-order chi connectivity index (χ1) is 11.5. The summed E-state index contributed by atoms with van der Waals surface area (Å²) < 4.78 is 23.2. The number of rotatable bonds is 6. The van der Waals surface area contributed by atoms with Crippen molar-refractivity contribution in [2.45, 2.75) is 24.5 Å². The number of aromatic nitrogens is 3. The molecule has 2 aromatic heterocycles. The smallest absolute Gasteiger partial charge is 0.233 e. The molecule has 10 heteroatoms. The molecule has 1 atom stereocenters. The number of hydrogen-bond donors (Lipinski definition) is 1. The summed E-state index contributed by atoms with van der Waals surface area (Å²) in [7, 11) is -3.00. The molecule has 0 saturated carbocycles. The lowest BCUT2D eigenvalue weighted by atomic mass is 10.2. The van der Waals surface area contributed by atoms with Crippen LogP contribution in [0.5, 0.6) is 0 Å². The molecule has 0 radical (unpaired) electrons. The van der Waals surface area contributed by atoms with Gasteiger partial charge in [0.2, 0.25) is 11.1 Å². The number of thioether (sulfide) groups is 1. The molecule has 1 aliphatic rings. The summed E-state index contributed by atoms with van der Waals surface area (Å²) in [5, 5.41) is 9.46. The summed E-state index contributed by atoms with van der Waals surface area (Å²) in [5.74, 6) is 1.05. The Labute approximate surface area is 148 Å². The molecule has 1 N–H and O–H groups in total. The van der Waals surface area contributed by atoms with Crippen LogP contribution in [-0.2, 0) is 14.6 Å². The lowest BCUT2D eigenvalue weighted by Crippen LogP contribution is -2.41. The third-order valence-electron chi connectivity index (χ3n) is 3.85. The van der Waals surface area contributed by atoms with E-state index >= 15 is 0 Å². The van der Waals surface area contributed by atoms with Crippen LogP contribution in [0.3, 0.4) is 0 Å². The van der Waals surface area contributed by atoms with E-state index in [1.54, 1.807) is 16.2 Å². The second-order valence-electron chi connectivity index (χ2n) is 5.47. The Kier molecular flexibility index (Phi) is 5.26. The summed E-state index contributed by atoms with van der Waals surface area (Å²) >= 11 is 2.82. The zero-order chi connectivity index (χ0) is 17.2. The molecular weight excluding hydrogens is 368 g/mol. The molecule has 1 fully saturated rings. The molecular formula is C14H18N4O3S3. The summed E-state index contributed by atoms with van der Waals surface area (Å²) in [6, 6.07) is 3.68. The number of sulfone groups is 1. The van der Waals surface area contributed by atoms with E-state index in [0.717, 1.165) is 4.88 Å². The van der Waals surface area contributed by atoms with Gasteiger partial charge in [0.15, 0.2) is 15.7 Å². The fourth-order valence-corrected chi connectivity index (χ4v) is 5.78. The molecule has 1 amide bonds. The van der Waals surface area contributed by atoms with Crippen molar-refractivity contribution in [1.29, 1.82) is 0 Å². The van der Waals surface area contributed by atoms with Crippen LogP contribution in [0.15, 0.2) is 22.7 Å². The van der Waals surface area contributed by atoms with Crippen molar-refractivity contribution in [3.63, 3.8) is 0 Å². The van der Waals surface area contributed by atoms with Crippen LogP contribution in [0.1, 0.15) is 13.3 Å². The van der Waals surface area contributed by atoms with Gasteiger partial charge in [0.05, 0.1) is 22.1 Å². The van der Waals surface area contributed by atoms with Gasteiger partial charge in [-0.3, -0.25) is 9.89 Å². The first-order valence-corrected chi connectivity index (χ1v) is 11.3. The SMILES string of the molecule is CCN(C(=O)CSc1n[nH]c(-c2cccs2)n1)C1CCS(=O)(=O)C1. The number of hydrogen-bond acceptors (Lipinski definition) is 7. The maximum atomic E-state index is 12.4. The van der Waals surface area contributed by atoms with Gasteiger partial charge in [-0.1, -0.05) is 17.8 Å². The maximum Gasteiger partial charge on any atom is 0.233 e. The largest absolute Gasteiger partial charge is 0.338 e. The molecule has 3 rings (SSSR count). The van der Waals surface area contributed by atoms with E-state index in [9.17, 15) is 13.2 Å². The highest BCUT2D eigenvalue weighted by molar-refractivity contribution is 7.99. The van der Waals surface area contributed by atoms with E-state index < -0.39 is 9.84 Å². The van der Waals surface area contributed by atoms with Crippen molar-refractivity contribution in [2.24, 2.45) is 0 Å². The molecule has 1 unspecified atom stereocenters. The van der Waals surface area contributed by atoms with Gasteiger partial charge in [-0.15, -0.1) is 16.4 Å². The summed E-state index contributed by atoms with van der Waals surface area (Å²) in [5.41, 5.74) is 0. The summed E-state index contributed by atoms with van der Waals surface area (Å²) in [6.45, 7) is 2.38. The van der Waals surface area contributed by atoms with Crippen LogP contribution in [-0.4, -0.2) is 64.3 Å². The van der Waals surface area contributed by atoms with Gasteiger partial charge in [0, 0.05) is 12.6 Å². The third-order valence-corrected chi connectivity index (χ3v) is 7.31. The Balaban J connectivity index is 1.58. The second-order valence-corrected chi connectivity index (χ2v) is 9.59. The van der Waals surface area contributed by atoms with E-state index in [-0.39, 0.29) is 29.2 Å². The average Bonchev–Trinajstić information content (AvgIpc) is 3.26. The van der Waals surface area contributed by atoms with Crippen LogP contribution in [0.25, 0.3) is 10.7 Å². The molecule has 7 nitrogen and oxygen atoms in total. The van der Waals surface area contributed by atoms with Crippen molar-refractivity contribution < 1.29 is 13.2 Å². The van der Waals surface area contributed by atoms with Gasteiger partial charge in [-0.05, 0) is 24.8 Å². The Morgan fingerprint density at radius 2 is 2.38 bits per heavy atom. The summed E-state index contributed by atoms with van der Waals surface area (Å²) in [4.78, 5) is 19.4. The maximum absolute atomic E-state index is 12.4. The monoisotopic (exact) mass is 386 g/mol. The molecule has 1 aliphatic heterocycles. The lowest BCUT2D eigenvalue weighted by molar-refractivity contribution is -0.129. The minimum atomic E-state index is -3.00. The van der Waals surface area contributed by atoms with Crippen molar-refractivity contribution >= 4 is 38.8 Å². The molecule has 1 saturated heterocycles. The van der Waals surface area contributed by atoms with Crippen LogP contribution in [0, 0.1) is 0 Å². The highest BCUT2D eigenvalue weighted by Gasteiger charge is 2.33. The molecule has 130 valence electrons. The van der Waals surface area contributed by atoms with Gasteiger partial charge < -0.3 is 4.90 Å². The zero-order valence-electron chi connectivity index (χ0n) is 13.1. The van der Waals surface area contributed by atoms with E-state index in [2.05, 4.69) is 15.2 Å². The van der Waals surface area contributed by atoms with Gasteiger partial charge in [0.1, 0.15) is 0 Å². The fourth-order valence-electron chi connectivity index (χ4n) is 2.70. The summed E-state index contributed by atoms with van der Waals surface area (Å²) in [6.07, 6.45) is 0.524. The topological polar surface area (TPSA) is 96.0 Å². The van der Waals surface area contributed by atoms with Crippen molar-refractivity contribution in [2.75, 3.05) is 23.8 Å². The number of nitrogens with zero attached hydrogens (tertiary/aromatic N) is 3. The fraction of sp³-hybridized carbons (Fsp3) is 0.500. The minimum absolute atomic E-state index is 0.0699. The quantitative estimate of drug-likeness (QED) is 0.759. The minimum Gasteiger partial charge on any atom is -0.338 e.